The van der Waals surface area contributed by atoms with Crippen molar-refractivity contribution in [3.63, 3.8) is 0 Å². The minimum Gasteiger partial charge on any atom is -0.414 e. The first-order valence-electron chi connectivity index (χ1n) is 19.5. The lowest BCUT2D eigenvalue weighted by Crippen LogP contribution is -2.76. The van der Waals surface area contributed by atoms with Crippen LogP contribution in [0, 0.1) is 5.92 Å². The van der Waals surface area contributed by atoms with E-state index < -0.39 is 116 Å². The van der Waals surface area contributed by atoms with Crippen LogP contribution >= 0.6 is 0 Å². The van der Waals surface area contributed by atoms with Crippen LogP contribution in [-0.4, -0.2) is 85.0 Å². The van der Waals surface area contributed by atoms with Crippen molar-refractivity contribution in [3.05, 3.63) is 71.8 Å². The van der Waals surface area contributed by atoms with Gasteiger partial charge in [-0.1, -0.05) is 102 Å². The van der Waals surface area contributed by atoms with E-state index in [2.05, 4.69) is 0 Å². The van der Waals surface area contributed by atoms with Crippen molar-refractivity contribution in [2.75, 3.05) is 6.61 Å². The number of halogens is 21. The number of hydroxylamine groups is 2. The number of nitrogens with zero attached hydrogens (tertiary/aromatic N) is 1. The van der Waals surface area contributed by atoms with Gasteiger partial charge in [0, 0.05) is 6.42 Å². The molecule has 0 saturated heterocycles. The zero-order chi connectivity index (χ0) is 51.2. The standard InChI is InChI=1S/C40H48F21NO2Si/c1-23(2)29(28-18-14-11-15-19-28)62(64-26(7)27-16-12-10-13-17-27)30(8,9)22-63-65(24(3)4,25(5)6)21-20-31(41,42)32(43,44)33(45,46)34(47,48)35(49,50)36(51,52)37(53,54)38(55,56)39(57,58)40(59,60)61/h10-19,23-26,29H,20-22H2,1-9H3. The Hall–Kier alpha value is -2.93. The summed E-state index contributed by atoms with van der Waals surface area (Å²) in [6.45, 7) is 13.2. The molecular formula is C40H48F21NO2Si. The lowest BCUT2D eigenvalue weighted by Gasteiger charge is -2.48. The molecule has 0 amide bonds. The average molecular weight is 1000 g/mol. The third-order valence-electron chi connectivity index (χ3n) is 11.2. The highest BCUT2D eigenvalue weighted by Gasteiger charge is 2.97. The molecule has 25 heteroatoms. The number of rotatable bonds is 23. The molecule has 0 heterocycles. The molecule has 0 saturated carbocycles. The Morgan fingerprint density at radius 1 is 0.477 bits per heavy atom. The Morgan fingerprint density at radius 2 is 0.815 bits per heavy atom. The summed E-state index contributed by atoms with van der Waals surface area (Å²) in [5, 5.41) is 1.54. The van der Waals surface area contributed by atoms with Crippen molar-refractivity contribution < 1.29 is 101 Å². The van der Waals surface area contributed by atoms with E-state index in [1.807, 2.05) is 13.8 Å². The normalized spacial score (nSPS) is 16.3. The van der Waals surface area contributed by atoms with Crippen molar-refractivity contribution in [2.24, 2.45) is 5.92 Å². The Kier molecular flexibility index (Phi) is 16.9. The summed E-state index contributed by atoms with van der Waals surface area (Å²) in [5.74, 6) is -77.6. The van der Waals surface area contributed by atoms with Gasteiger partial charge >= 0.3 is 59.5 Å². The monoisotopic (exact) mass is 1000 g/mol. The van der Waals surface area contributed by atoms with Gasteiger partial charge < -0.3 is 4.43 Å². The summed E-state index contributed by atoms with van der Waals surface area (Å²) < 4.78 is 303. The van der Waals surface area contributed by atoms with Gasteiger partial charge in [-0.25, -0.2) is 0 Å². The number of benzene rings is 2. The molecule has 2 atom stereocenters. The Balaban J connectivity index is 2.64. The minimum absolute atomic E-state index is 0.256. The summed E-state index contributed by atoms with van der Waals surface area (Å²) in [6.07, 6.45) is -11.4. The van der Waals surface area contributed by atoms with Crippen LogP contribution in [0.4, 0.5) is 92.2 Å². The predicted octanol–water partition coefficient (Wildman–Crippen LogP) is 15.6. The molecule has 0 bridgehead atoms. The average Bonchev–Trinajstić information content (AvgIpc) is 3.16. The van der Waals surface area contributed by atoms with E-state index in [1.54, 1.807) is 81.4 Å². The van der Waals surface area contributed by atoms with Gasteiger partial charge in [-0.15, -0.1) is 0 Å². The second-order valence-corrected chi connectivity index (χ2v) is 22.3. The van der Waals surface area contributed by atoms with Gasteiger partial charge in [0.1, 0.15) is 6.10 Å². The van der Waals surface area contributed by atoms with E-state index in [1.165, 1.54) is 32.8 Å². The van der Waals surface area contributed by atoms with Crippen molar-refractivity contribution in [1.82, 2.24) is 5.06 Å². The summed E-state index contributed by atoms with van der Waals surface area (Å²) in [5.41, 5.74) is -1.92. The SMILES string of the molecule is CC(ON(C(c1ccccc1)C(C)C)C(C)(C)CO[Si](CCC(F)(F)C(F)(F)C(F)(F)C(F)(F)C(F)(F)C(F)(F)C(F)(F)C(F)(F)C(F)(F)C(F)(F)F)(C(C)C)C(C)C)c1ccccc1. The van der Waals surface area contributed by atoms with Crippen molar-refractivity contribution in [3.8, 4) is 0 Å². The Morgan fingerprint density at radius 3 is 1.15 bits per heavy atom. The highest BCUT2D eigenvalue weighted by atomic mass is 28.4. The van der Waals surface area contributed by atoms with Crippen LogP contribution in [0.3, 0.4) is 0 Å². The van der Waals surface area contributed by atoms with Crippen LogP contribution in [-0.2, 0) is 9.26 Å². The van der Waals surface area contributed by atoms with Gasteiger partial charge in [-0.3, -0.25) is 4.84 Å². The van der Waals surface area contributed by atoms with Crippen LogP contribution in [0.1, 0.15) is 92.0 Å². The fraction of sp³-hybridized carbons (Fsp3) is 0.700. The maximum atomic E-state index is 15.4. The third kappa shape index (κ3) is 9.99. The molecule has 376 valence electrons. The van der Waals surface area contributed by atoms with E-state index in [9.17, 15) is 74.6 Å². The Labute approximate surface area is 362 Å². The number of hydrogen-bond donors (Lipinski definition) is 0. The molecule has 0 aliphatic carbocycles. The smallest absolute Gasteiger partial charge is 0.414 e. The van der Waals surface area contributed by atoms with E-state index >= 15 is 17.6 Å². The summed E-state index contributed by atoms with van der Waals surface area (Å²) in [4.78, 5) is 6.52. The van der Waals surface area contributed by atoms with Gasteiger partial charge in [0.25, 0.3) is 0 Å². The van der Waals surface area contributed by atoms with Crippen molar-refractivity contribution >= 4 is 8.32 Å². The van der Waals surface area contributed by atoms with Gasteiger partial charge in [0.2, 0.25) is 0 Å². The van der Waals surface area contributed by atoms with Gasteiger partial charge in [-0.2, -0.15) is 97.3 Å². The highest BCUT2D eigenvalue weighted by Crippen LogP contribution is 2.66. The zero-order valence-corrected chi connectivity index (χ0v) is 37.0. The lowest BCUT2D eigenvalue weighted by molar-refractivity contribution is -0.474. The second kappa shape index (κ2) is 18.9. The van der Waals surface area contributed by atoms with Crippen LogP contribution in [0.15, 0.2) is 60.7 Å². The van der Waals surface area contributed by atoms with Gasteiger partial charge in [-0.05, 0) is 54.9 Å². The molecule has 0 N–H and O–H groups in total. The maximum absolute atomic E-state index is 15.4. The maximum Gasteiger partial charge on any atom is 0.460 e. The molecular weight excluding hydrogens is 953 g/mol. The second-order valence-electron chi connectivity index (χ2n) is 17.2. The van der Waals surface area contributed by atoms with E-state index in [-0.39, 0.29) is 5.92 Å². The first kappa shape index (κ1) is 58.2. The molecule has 0 aromatic heterocycles. The fourth-order valence-corrected chi connectivity index (χ4v) is 11.7. The number of hydrogen-bond acceptors (Lipinski definition) is 3. The van der Waals surface area contributed by atoms with E-state index in [4.69, 9.17) is 9.26 Å². The third-order valence-corrected chi connectivity index (χ3v) is 16.8. The molecule has 2 rings (SSSR count). The zero-order valence-electron chi connectivity index (χ0n) is 36.0. The van der Waals surface area contributed by atoms with E-state index in [0.717, 1.165) is 0 Å². The van der Waals surface area contributed by atoms with Crippen LogP contribution in [0.5, 0.6) is 0 Å². The molecule has 0 fully saturated rings. The molecule has 3 nitrogen and oxygen atoms in total. The minimum atomic E-state index is -9.22. The fourth-order valence-electron chi connectivity index (χ4n) is 7.11. The van der Waals surface area contributed by atoms with Gasteiger partial charge in [0.15, 0.2) is 8.32 Å². The van der Waals surface area contributed by atoms with Crippen LogP contribution < -0.4 is 0 Å². The van der Waals surface area contributed by atoms with Crippen LogP contribution in [0.25, 0.3) is 0 Å². The van der Waals surface area contributed by atoms with Gasteiger partial charge in [0.05, 0.1) is 18.2 Å². The topological polar surface area (TPSA) is 21.7 Å². The molecule has 2 aromatic carbocycles. The molecule has 0 aliphatic heterocycles. The predicted molar refractivity (Wildman–Crippen MR) is 198 cm³/mol. The van der Waals surface area contributed by atoms with E-state index in [0.29, 0.717) is 11.1 Å². The highest BCUT2D eigenvalue weighted by molar-refractivity contribution is 6.76. The molecule has 0 spiro atoms. The molecule has 0 aliphatic rings. The van der Waals surface area contributed by atoms with Crippen molar-refractivity contribution in [2.45, 2.75) is 163 Å². The quantitative estimate of drug-likeness (QED) is 0.0629. The number of alkyl halides is 21. The summed E-state index contributed by atoms with van der Waals surface area (Å²) in [7, 11) is -4.23. The first-order valence-corrected chi connectivity index (χ1v) is 21.8. The molecule has 2 aromatic rings. The summed E-state index contributed by atoms with van der Waals surface area (Å²) in [6, 6.07) is 15.3. The largest absolute Gasteiger partial charge is 0.460 e. The molecule has 2 unspecified atom stereocenters. The first-order chi connectivity index (χ1) is 28.9. The molecule has 65 heavy (non-hydrogen) atoms. The molecule has 0 radical (unpaired) electrons. The summed E-state index contributed by atoms with van der Waals surface area (Å²) >= 11 is 0. The Bertz CT molecular complexity index is 1830. The van der Waals surface area contributed by atoms with Crippen LogP contribution in [0.2, 0.25) is 17.1 Å². The lowest BCUT2D eigenvalue weighted by atomic mass is 9.86. The van der Waals surface area contributed by atoms with Crippen molar-refractivity contribution in [1.29, 1.82) is 0 Å².